The molecule has 1 fully saturated rings. The molecule has 0 radical (unpaired) electrons. The Kier molecular flexibility index (Phi) is 23.0. The van der Waals surface area contributed by atoms with Crippen LogP contribution in [0.4, 0.5) is 0 Å². The van der Waals surface area contributed by atoms with E-state index in [9.17, 15) is 24.3 Å². The van der Waals surface area contributed by atoms with E-state index in [-0.39, 0.29) is 33.0 Å². The van der Waals surface area contributed by atoms with Gasteiger partial charge in [-0.3, -0.25) is 24.1 Å². The second-order valence-electron chi connectivity index (χ2n) is 26.3. The van der Waals surface area contributed by atoms with Crippen molar-refractivity contribution in [2.45, 2.75) is 40.5 Å². The van der Waals surface area contributed by atoms with Crippen molar-refractivity contribution in [1.29, 1.82) is 0 Å². The van der Waals surface area contributed by atoms with Crippen molar-refractivity contribution in [2.75, 3.05) is 58.5 Å². The van der Waals surface area contributed by atoms with Gasteiger partial charge in [-0.1, -0.05) is 88.7 Å². The van der Waals surface area contributed by atoms with Gasteiger partial charge in [0.25, 0.3) is 0 Å². The standard InChI is InChI=1S/C27H27NO5.C23H19BrO4.C21H16O4.C20H14O4/c1-19-16-23-26(29)22-9-8-21(32-20-6-3-2-4-7-20)18-24(22)33-27(23)25(17-19)31-13-5-10-28-11-14-30-15-12-28;1-15-12-19-22(25)18-9-8-17(27-16-6-3-2-4-7-16)14-20(18)28-23(19)21(13-15)26-11-5-10-24;1-13-10-17-20(22)16-9-8-15(24-14-6-4-3-5-7-14)12-18(16)25-21(17)19(11-13)23-2;1-12-9-16-19(22)15-8-7-14(23-13-5-3-2-4-6-13)11-18(15)24-20(16)17(21)10-12/h2-4,6-9,16-18H,5,10-15H2,1H3;2-4,6-9,12-14H,5,10-11H2,1H3;3-12H,1-2H3;2-11,21H,1H3. The van der Waals surface area contributed by atoms with E-state index in [2.05, 4.69) is 20.8 Å². The summed E-state index contributed by atoms with van der Waals surface area (Å²) in [4.78, 5) is 54.1. The lowest BCUT2D eigenvalue weighted by atomic mass is 10.1. The summed E-state index contributed by atoms with van der Waals surface area (Å²) in [6.45, 7) is 13.2. The van der Waals surface area contributed by atoms with E-state index in [1.165, 1.54) is 0 Å². The zero-order chi connectivity index (χ0) is 76.2. The highest BCUT2D eigenvalue weighted by molar-refractivity contribution is 9.09. The van der Waals surface area contributed by atoms with Crippen molar-refractivity contribution in [3.05, 3.63) is 306 Å². The normalized spacial score (nSPS) is 12.1. The molecule has 554 valence electrons. The van der Waals surface area contributed by atoms with Crippen LogP contribution in [-0.4, -0.2) is 68.5 Å². The second kappa shape index (κ2) is 34.0. The number of morpholine rings is 1. The van der Waals surface area contributed by atoms with E-state index < -0.39 is 0 Å². The van der Waals surface area contributed by atoms with Crippen LogP contribution in [0.2, 0.25) is 0 Å². The van der Waals surface area contributed by atoms with E-state index in [0.717, 1.165) is 90.5 Å². The van der Waals surface area contributed by atoms with Crippen molar-refractivity contribution in [1.82, 2.24) is 4.90 Å². The Labute approximate surface area is 639 Å². The number of ether oxygens (including phenoxy) is 8. The monoisotopic (exact) mass is 1530 g/mol. The maximum atomic E-state index is 13.2. The Morgan fingerprint density at radius 1 is 0.355 bits per heavy atom. The molecule has 5 heterocycles. The number of aryl methyl sites for hydroxylation is 4. The fraction of sp³-hybridized carbons (Fsp3) is 0.165. The highest BCUT2D eigenvalue weighted by Crippen LogP contribution is 2.37. The molecule has 4 aromatic heterocycles. The Balaban J connectivity index is 0.000000123. The van der Waals surface area contributed by atoms with Gasteiger partial charge in [0.15, 0.2) is 45.3 Å². The zero-order valence-electron chi connectivity index (χ0n) is 61.0. The fourth-order valence-electron chi connectivity index (χ4n) is 12.8. The van der Waals surface area contributed by atoms with E-state index >= 15 is 0 Å². The minimum atomic E-state index is -0.170. The summed E-state index contributed by atoms with van der Waals surface area (Å²) in [5.41, 5.74) is 6.63. The van der Waals surface area contributed by atoms with Crippen molar-refractivity contribution in [2.24, 2.45) is 0 Å². The van der Waals surface area contributed by atoms with Gasteiger partial charge in [0.05, 0.1) is 76.6 Å². The third-order valence-corrected chi connectivity index (χ3v) is 18.6. The Morgan fingerprint density at radius 3 is 1.01 bits per heavy atom. The molecule has 0 spiro atoms. The van der Waals surface area contributed by atoms with Crippen LogP contribution < -0.4 is 54.9 Å². The van der Waals surface area contributed by atoms with Gasteiger partial charge in [-0.2, -0.15) is 0 Å². The molecule has 17 rings (SSSR count). The molecule has 0 amide bonds. The highest BCUT2D eigenvalue weighted by atomic mass is 79.9. The van der Waals surface area contributed by atoms with Gasteiger partial charge in [0.2, 0.25) is 21.7 Å². The number of benzene rings is 12. The van der Waals surface area contributed by atoms with Gasteiger partial charge in [-0.25, -0.2) is 0 Å². The van der Waals surface area contributed by atoms with Crippen molar-refractivity contribution >= 4 is 104 Å². The van der Waals surface area contributed by atoms with Crippen LogP contribution in [0.5, 0.6) is 69.0 Å². The fourth-order valence-corrected chi connectivity index (χ4v) is 13.1. The Hall–Kier alpha value is -12.7. The predicted molar refractivity (Wildman–Crippen MR) is 434 cm³/mol. The number of halogens is 1. The molecule has 0 atom stereocenters. The summed E-state index contributed by atoms with van der Waals surface area (Å²) >= 11 is 3.40. The number of methoxy groups -OCH3 is 1. The third-order valence-electron chi connectivity index (χ3n) is 18.1. The van der Waals surface area contributed by atoms with E-state index in [1.54, 1.807) is 92.0 Å². The Morgan fingerprint density at radius 2 is 0.664 bits per heavy atom. The van der Waals surface area contributed by atoms with Crippen LogP contribution in [0.3, 0.4) is 0 Å². The van der Waals surface area contributed by atoms with Gasteiger partial charge < -0.3 is 60.7 Å². The quantitative estimate of drug-likeness (QED) is 0.0480. The number of fused-ring (bicyclic) bond motifs is 8. The number of aromatic hydroxyl groups is 1. The summed E-state index contributed by atoms with van der Waals surface area (Å²) < 4.78 is 70.2. The SMILES string of the molecule is COc1cc(C)cc2c(=O)c3ccc(Oc4ccccc4)cc3oc12.Cc1cc(O)c2oc3cc(Oc4ccccc4)ccc3c(=O)c2c1.Cc1cc(OCCCBr)c2oc3cc(Oc4ccccc4)ccc3c(=O)c2c1.Cc1cc(OCCCN2CCOCC2)c2oc3cc(Oc4ccccc4)ccc3c(=O)c2c1. The summed E-state index contributed by atoms with van der Waals surface area (Å²) in [6, 6.07) is 73.1. The first kappa shape index (κ1) is 74.2. The zero-order valence-corrected chi connectivity index (χ0v) is 62.6. The largest absolute Gasteiger partial charge is 0.504 e. The first-order valence-electron chi connectivity index (χ1n) is 35.9. The van der Waals surface area contributed by atoms with Crippen molar-refractivity contribution in [3.63, 3.8) is 0 Å². The second-order valence-corrected chi connectivity index (χ2v) is 27.1. The molecule has 0 unspecified atom stereocenters. The summed E-state index contributed by atoms with van der Waals surface area (Å²) in [6.07, 6.45) is 1.75. The van der Waals surface area contributed by atoms with Crippen LogP contribution in [0.1, 0.15) is 35.1 Å². The number of phenols is 1. The molecule has 0 saturated carbocycles. The van der Waals surface area contributed by atoms with Crippen LogP contribution in [0.15, 0.2) is 280 Å². The highest BCUT2D eigenvalue weighted by Gasteiger charge is 2.20. The summed E-state index contributed by atoms with van der Waals surface area (Å²) in [5, 5.41) is 14.9. The van der Waals surface area contributed by atoms with E-state index in [4.69, 9.17) is 55.6 Å². The maximum Gasteiger partial charge on any atom is 0.200 e. The number of phenolic OH excluding ortho intramolecular Hbond substituents is 1. The topological polar surface area (TPSA) is 218 Å². The molecule has 0 aliphatic carbocycles. The average Bonchev–Trinajstić information content (AvgIpc) is 0.782. The first-order chi connectivity index (χ1) is 53.6. The van der Waals surface area contributed by atoms with Crippen LogP contribution in [-0.2, 0) is 4.74 Å². The number of nitrogens with zero attached hydrogens (tertiary/aromatic N) is 1. The molecule has 1 aliphatic heterocycles. The Bertz CT molecular complexity index is 6260. The molecule has 0 bridgehead atoms. The molecule has 1 saturated heterocycles. The van der Waals surface area contributed by atoms with Crippen LogP contribution in [0.25, 0.3) is 87.8 Å². The molecule has 19 heteroatoms. The predicted octanol–water partition coefficient (Wildman–Crippen LogP) is 21.2. The number of alkyl halides is 1. The minimum absolute atomic E-state index is 0.0432. The average molecular weight is 1540 g/mol. The molecule has 110 heavy (non-hydrogen) atoms. The number of hydrogen-bond acceptors (Lipinski definition) is 18. The van der Waals surface area contributed by atoms with E-state index in [1.807, 2.05) is 185 Å². The molecule has 12 aromatic carbocycles. The summed E-state index contributed by atoms with van der Waals surface area (Å²) in [7, 11) is 1.56. The molecule has 16 aromatic rings. The van der Waals surface area contributed by atoms with Gasteiger partial charge in [-0.15, -0.1) is 0 Å². The number of para-hydroxylation sites is 4. The van der Waals surface area contributed by atoms with Gasteiger partial charge in [0.1, 0.15) is 68.3 Å². The smallest absolute Gasteiger partial charge is 0.200 e. The summed E-state index contributed by atoms with van der Waals surface area (Å²) in [5.74, 6) is 6.92. The molecule has 1 N–H and O–H groups in total. The van der Waals surface area contributed by atoms with Gasteiger partial charge in [-0.05, 0) is 208 Å². The lowest BCUT2D eigenvalue weighted by Crippen LogP contribution is -2.37. The number of rotatable bonds is 18. The molecular formula is C91H76BrNO17. The third kappa shape index (κ3) is 17.3. The van der Waals surface area contributed by atoms with Gasteiger partial charge >= 0.3 is 0 Å². The van der Waals surface area contributed by atoms with Crippen LogP contribution >= 0.6 is 15.9 Å². The molecule has 1 aliphatic rings. The molecule has 18 nitrogen and oxygen atoms in total. The van der Waals surface area contributed by atoms with Crippen molar-refractivity contribution < 1.29 is 60.7 Å². The number of hydrogen-bond donors (Lipinski definition) is 1. The lowest BCUT2D eigenvalue weighted by Gasteiger charge is -2.26. The maximum absolute atomic E-state index is 13.2. The molecular weight excluding hydrogens is 1460 g/mol. The van der Waals surface area contributed by atoms with Gasteiger partial charge in [0, 0.05) is 49.2 Å². The van der Waals surface area contributed by atoms with E-state index in [0.29, 0.717) is 141 Å². The first-order valence-corrected chi connectivity index (χ1v) is 37.0. The lowest BCUT2D eigenvalue weighted by molar-refractivity contribution is 0.0358. The van der Waals surface area contributed by atoms with Crippen LogP contribution in [0, 0.1) is 27.7 Å². The minimum Gasteiger partial charge on any atom is -0.504 e. The van der Waals surface area contributed by atoms with Crippen molar-refractivity contribution in [3.8, 4) is 69.0 Å².